The van der Waals surface area contributed by atoms with Crippen LogP contribution < -0.4 is 14.2 Å². The fraction of sp³-hybridized carbons (Fsp3) is 0.562. The van der Waals surface area contributed by atoms with Gasteiger partial charge in [-0.05, 0) is 12.0 Å². The van der Waals surface area contributed by atoms with E-state index in [-0.39, 0.29) is 5.78 Å². The predicted octanol–water partition coefficient (Wildman–Crippen LogP) is 3.72. The fourth-order valence-electron chi connectivity index (χ4n) is 2.27. The summed E-state index contributed by atoms with van der Waals surface area (Å²) in [6.07, 6.45) is 2.64. The molecular formula is C16H24O4. The minimum absolute atomic E-state index is 0.0729. The second-order valence-corrected chi connectivity index (χ2v) is 4.93. The second-order valence-electron chi connectivity index (χ2n) is 4.93. The summed E-state index contributed by atoms with van der Waals surface area (Å²) in [6, 6.07) is 3.38. The van der Waals surface area contributed by atoms with Crippen molar-refractivity contribution in [2.24, 2.45) is 5.92 Å². The van der Waals surface area contributed by atoms with E-state index in [1.807, 2.05) is 0 Å². The van der Waals surface area contributed by atoms with Gasteiger partial charge in [-0.1, -0.05) is 26.7 Å². The van der Waals surface area contributed by atoms with E-state index in [4.69, 9.17) is 14.2 Å². The largest absolute Gasteiger partial charge is 0.496 e. The Hall–Kier alpha value is -1.71. The van der Waals surface area contributed by atoms with Crippen molar-refractivity contribution in [1.82, 2.24) is 0 Å². The summed E-state index contributed by atoms with van der Waals surface area (Å²) in [5.41, 5.74) is 0.549. The maximum Gasteiger partial charge on any atom is 0.167 e. The van der Waals surface area contributed by atoms with E-state index in [0.717, 1.165) is 12.8 Å². The van der Waals surface area contributed by atoms with Gasteiger partial charge in [0.15, 0.2) is 17.3 Å². The van der Waals surface area contributed by atoms with Crippen LogP contribution >= 0.6 is 0 Å². The molecule has 0 N–H and O–H groups in total. The number of ether oxygens (including phenoxy) is 3. The number of Topliss-reactive ketones (excluding diaryl/α,β-unsaturated/α-hetero) is 1. The van der Waals surface area contributed by atoms with Crippen LogP contribution in [-0.2, 0) is 0 Å². The lowest BCUT2D eigenvalue weighted by molar-refractivity contribution is 0.0959. The van der Waals surface area contributed by atoms with Gasteiger partial charge in [0.2, 0.25) is 0 Å². The van der Waals surface area contributed by atoms with Crippen molar-refractivity contribution in [2.75, 3.05) is 21.3 Å². The molecule has 0 heterocycles. The van der Waals surface area contributed by atoms with Crippen LogP contribution in [-0.4, -0.2) is 27.1 Å². The first kappa shape index (κ1) is 16.3. The Morgan fingerprint density at radius 2 is 1.60 bits per heavy atom. The van der Waals surface area contributed by atoms with Gasteiger partial charge in [0.25, 0.3) is 0 Å². The van der Waals surface area contributed by atoms with Crippen LogP contribution in [0.25, 0.3) is 0 Å². The molecule has 0 aliphatic heterocycles. The molecule has 0 saturated heterocycles. The molecule has 1 unspecified atom stereocenters. The number of ketones is 1. The van der Waals surface area contributed by atoms with Crippen LogP contribution in [0.2, 0.25) is 0 Å². The van der Waals surface area contributed by atoms with E-state index in [0.29, 0.717) is 35.2 Å². The van der Waals surface area contributed by atoms with E-state index >= 15 is 0 Å². The van der Waals surface area contributed by atoms with Gasteiger partial charge in [0.05, 0.1) is 26.9 Å². The van der Waals surface area contributed by atoms with Crippen molar-refractivity contribution in [3.8, 4) is 17.2 Å². The molecule has 0 saturated carbocycles. The van der Waals surface area contributed by atoms with Crippen molar-refractivity contribution in [2.45, 2.75) is 33.1 Å². The summed E-state index contributed by atoms with van der Waals surface area (Å²) in [7, 11) is 4.66. The van der Waals surface area contributed by atoms with E-state index in [9.17, 15) is 4.79 Å². The highest BCUT2D eigenvalue weighted by molar-refractivity contribution is 5.99. The molecule has 0 fully saturated rings. The first-order chi connectivity index (χ1) is 9.57. The normalized spacial score (nSPS) is 11.8. The Balaban J connectivity index is 3.06. The minimum Gasteiger partial charge on any atom is -0.496 e. The molecule has 112 valence electrons. The van der Waals surface area contributed by atoms with E-state index in [1.165, 1.54) is 0 Å². The van der Waals surface area contributed by atoms with Gasteiger partial charge in [0.1, 0.15) is 5.75 Å². The van der Waals surface area contributed by atoms with Crippen LogP contribution in [0.4, 0.5) is 0 Å². The predicted molar refractivity (Wildman–Crippen MR) is 79.1 cm³/mol. The number of rotatable bonds is 8. The van der Waals surface area contributed by atoms with Gasteiger partial charge < -0.3 is 14.2 Å². The Morgan fingerprint density at radius 1 is 1.05 bits per heavy atom. The highest BCUT2D eigenvalue weighted by Crippen LogP contribution is 2.35. The third-order valence-corrected chi connectivity index (χ3v) is 3.32. The molecule has 0 amide bonds. The van der Waals surface area contributed by atoms with Crippen LogP contribution in [0.1, 0.15) is 43.5 Å². The molecule has 4 nitrogen and oxygen atoms in total. The first-order valence-corrected chi connectivity index (χ1v) is 6.90. The van der Waals surface area contributed by atoms with E-state index in [1.54, 1.807) is 33.5 Å². The molecule has 0 aromatic heterocycles. The highest BCUT2D eigenvalue weighted by atomic mass is 16.5. The van der Waals surface area contributed by atoms with Crippen molar-refractivity contribution in [1.29, 1.82) is 0 Å². The molecule has 4 heteroatoms. The Morgan fingerprint density at radius 3 is 2.10 bits per heavy atom. The second kappa shape index (κ2) is 7.78. The summed E-state index contributed by atoms with van der Waals surface area (Å²) in [5.74, 6) is 2.06. The SMILES string of the molecule is CCCC(C)CC(=O)c1cc(OC)c(OC)cc1OC. The Kier molecular flexibility index (Phi) is 6.36. The minimum atomic E-state index is 0.0729. The van der Waals surface area contributed by atoms with Crippen molar-refractivity contribution in [3.63, 3.8) is 0 Å². The molecule has 20 heavy (non-hydrogen) atoms. The van der Waals surface area contributed by atoms with E-state index < -0.39 is 0 Å². The van der Waals surface area contributed by atoms with Gasteiger partial charge in [-0.15, -0.1) is 0 Å². The quantitative estimate of drug-likeness (QED) is 0.681. The lowest BCUT2D eigenvalue weighted by Crippen LogP contribution is -2.08. The summed E-state index contributed by atoms with van der Waals surface area (Å²) in [6.45, 7) is 4.21. The molecule has 1 aromatic rings. The van der Waals surface area contributed by atoms with Gasteiger partial charge in [-0.2, -0.15) is 0 Å². The van der Waals surface area contributed by atoms with Gasteiger partial charge in [-0.25, -0.2) is 0 Å². The zero-order valence-electron chi connectivity index (χ0n) is 13.0. The van der Waals surface area contributed by atoms with Crippen molar-refractivity contribution in [3.05, 3.63) is 17.7 Å². The monoisotopic (exact) mass is 280 g/mol. The molecule has 0 spiro atoms. The summed E-state index contributed by atoms with van der Waals surface area (Å²) in [4.78, 5) is 12.4. The number of hydrogen-bond donors (Lipinski definition) is 0. The van der Waals surface area contributed by atoms with Crippen LogP contribution in [0.15, 0.2) is 12.1 Å². The standard InChI is InChI=1S/C16H24O4/c1-6-7-11(2)8-13(17)12-9-15(19-4)16(20-5)10-14(12)18-3/h9-11H,6-8H2,1-5H3. The van der Waals surface area contributed by atoms with Crippen molar-refractivity contribution < 1.29 is 19.0 Å². The number of hydrogen-bond acceptors (Lipinski definition) is 4. The molecule has 0 radical (unpaired) electrons. The zero-order chi connectivity index (χ0) is 15.1. The third-order valence-electron chi connectivity index (χ3n) is 3.32. The number of carbonyl (C=O) groups is 1. The Labute approximate surface area is 121 Å². The first-order valence-electron chi connectivity index (χ1n) is 6.90. The average Bonchev–Trinajstić information content (AvgIpc) is 2.45. The smallest absolute Gasteiger partial charge is 0.167 e. The van der Waals surface area contributed by atoms with E-state index in [2.05, 4.69) is 13.8 Å². The molecule has 1 atom stereocenters. The highest BCUT2D eigenvalue weighted by Gasteiger charge is 2.19. The number of methoxy groups -OCH3 is 3. The molecule has 0 aliphatic carbocycles. The van der Waals surface area contributed by atoms with Crippen LogP contribution in [0, 0.1) is 5.92 Å². The Bertz CT molecular complexity index is 454. The van der Waals surface area contributed by atoms with Crippen molar-refractivity contribution >= 4 is 5.78 Å². The topological polar surface area (TPSA) is 44.8 Å². The van der Waals surface area contributed by atoms with Gasteiger partial charge in [-0.3, -0.25) is 4.79 Å². The number of carbonyl (C=O) groups excluding carboxylic acids is 1. The molecule has 0 bridgehead atoms. The van der Waals surface area contributed by atoms with Crippen LogP contribution in [0.5, 0.6) is 17.2 Å². The molecular weight excluding hydrogens is 256 g/mol. The molecule has 0 aliphatic rings. The zero-order valence-corrected chi connectivity index (χ0v) is 13.0. The lowest BCUT2D eigenvalue weighted by atomic mass is 9.95. The average molecular weight is 280 g/mol. The fourth-order valence-corrected chi connectivity index (χ4v) is 2.27. The van der Waals surface area contributed by atoms with Gasteiger partial charge >= 0.3 is 0 Å². The summed E-state index contributed by atoms with van der Waals surface area (Å²) < 4.78 is 15.8. The summed E-state index contributed by atoms with van der Waals surface area (Å²) >= 11 is 0. The maximum atomic E-state index is 12.4. The maximum absolute atomic E-state index is 12.4. The summed E-state index contributed by atoms with van der Waals surface area (Å²) in [5, 5.41) is 0. The number of benzene rings is 1. The third kappa shape index (κ3) is 3.89. The van der Waals surface area contributed by atoms with Crippen LogP contribution in [0.3, 0.4) is 0 Å². The molecule has 1 rings (SSSR count). The lowest BCUT2D eigenvalue weighted by Gasteiger charge is -2.15. The van der Waals surface area contributed by atoms with Gasteiger partial charge in [0, 0.05) is 12.5 Å². The molecule has 1 aromatic carbocycles.